The fourth-order valence-electron chi connectivity index (χ4n) is 1.61. The van der Waals surface area contributed by atoms with Crippen molar-refractivity contribution < 1.29 is 14.7 Å². The molecule has 0 radical (unpaired) electrons. The zero-order chi connectivity index (χ0) is 10.8. The van der Waals surface area contributed by atoms with Gasteiger partial charge in [0.15, 0.2) is 0 Å². The Kier molecular flexibility index (Phi) is 3.10. The predicted octanol–water partition coefficient (Wildman–Crippen LogP) is -0.153. The van der Waals surface area contributed by atoms with Crippen LogP contribution < -0.4 is 11.1 Å². The van der Waals surface area contributed by atoms with Gasteiger partial charge in [0.2, 0.25) is 5.91 Å². The van der Waals surface area contributed by atoms with Gasteiger partial charge in [0.05, 0.1) is 18.0 Å². The number of amides is 1. The van der Waals surface area contributed by atoms with Crippen molar-refractivity contribution in [1.82, 2.24) is 5.32 Å². The molecule has 0 heterocycles. The van der Waals surface area contributed by atoms with Crippen LogP contribution in [0.5, 0.6) is 0 Å². The molecule has 0 aliphatic heterocycles. The van der Waals surface area contributed by atoms with Gasteiger partial charge in [0.25, 0.3) is 0 Å². The molecular weight excluding hydrogens is 184 g/mol. The molecule has 0 saturated heterocycles. The van der Waals surface area contributed by atoms with Crippen LogP contribution >= 0.6 is 0 Å². The molecule has 1 saturated carbocycles. The summed E-state index contributed by atoms with van der Waals surface area (Å²) >= 11 is 0. The van der Waals surface area contributed by atoms with Gasteiger partial charge in [-0.3, -0.25) is 9.59 Å². The average Bonchev–Trinajstić information content (AvgIpc) is 1.99. The van der Waals surface area contributed by atoms with Crippen molar-refractivity contribution in [3.05, 3.63) is 0 Å². The van der Waals surface area contributed by atoms with E-state index in [2.05, 4.69) is 5.32 Å². The van der Waals surface area contributed by atoms with Crippen molar-refractivity contribution in [3.8, 4) is 0 Å². The topological polar surface area (TPSA) is 92.4 Å². The Labute approximate surface area is 82.7 Å². The Hall–Kier alpha value is -1.10. The van der Waals surface area contributed by atoms with E-state index in [9.17, 15) is 9.59 Å². The lowest BCUT2D eigenvalue weighted by atomic mass is 9.74. The first-order chi connectivity index (χ1) is 6.45. The second-order valence-corrected chi connectivity index (χ2v) is 3.98. The number of hydrogen-bond acceptors (Lipinski definition) is 3. The summed E-state index contributed by atoms with van der Waals surface area (Å²) in [7, 11) is 0. The molecule has 1 aliphatic rings. The van der Waals surface area contributed by atoms with E-state index in [1.807, 2.05) is 0 Å². The molecule has 1 fully saturated rings. The maximum absolute atomic E-state index is 11.3. The Morgan fingerprint density at radius 3 is 2.43 bits per heavy atom. The van der Waals surface area contributed by atoms with Crippen LogP contribution in [0.4, 0.5) is 0 Å². The highest BCUT2D eigenvalue weighted by molar-refractivity contribution is 5.82. The Morgan fingerprint density at radius 1 is 1.57 bits per heavy atom. The minimum atomic E-state index is -0.880. The van der Waals surface area contributed by atoms with Gasteiger partial charge in [0.1, 0.15) is 0 Å². The van der Waals surface area contributed by atoms with E-state index in [4.69, 9.17) is 10.8 Å². The number of carbonyl (C=O) groups is 2. The smallest absolute Gasteiger partial charge is 0.305 e. The fraction of sp³-hybridized carbons (Fsp3) is 0.778. The Morgan fingerprint density at radius 2 is 2.14 bits per heavy atom. The molecule has 5 heteroatoms. The van der Waals surface area contributed by atoms with Crippen LogP contribution in [-0.2, 0) is 9.59 Å². The molecule has 1 rings (SSSR count). The lowest BCUT2D eigenvalue weighted by molar-refractivity contribution is -0.140. The van der Waals surface area contributed by atoms with Crippen LogP contribution in [0.3, 0.4) is 0 Å². The number of nitrogens with one attached hydrogen (secondary N) is 1. The molecule has 1 atom stereocenters. The normalized spacial score (nSPS) is 20.7. The van der Waals surface area contributed by atoms with Crippen LogP contribution in [0.1, 0.15) is 32.6 Å². The van der Waals surface area contributed by atoms with Crippen molar-refractivity contribution in [2.75, 3.05) is 0 Å². The van der Waals surface area contributed by atoms with E-state index in [1.54, 1.807) is 6.92 Å². The van der Waals surface area contributed by atoms with Crippen LogP contribution in [0.2, 0.25) is 0 Å². The summed E-state index contributed by atoms with van der Waals surface area (Å²) in [6.45, 7) is 1.59. The highest BCUT2D eigenvalue weighted by atomic mass is 16.4. The number of rotatable bonds is 4. The Bertz CT molecular complexity index is 246. The number of hydrogen-bond donors (Lipinski definition) is 3. The summed E-state index contributed by atoms with van der Waals surface area (Å²) in [6, 6.07) is -0.582. The zero-order valence-corrected chi connectivity index (χ0v) is 8.25. The second-order valence-electron chi connectivity index (χ2n) is 3.98. The number of carbonyl (C=O) groups excluding carboxylic acids is 1. The molecule has 4 N–H and O–H groups in total. The maximum atomic E-state index is 11.3. The number of nitrogens with two attached hydrogens (primary N) is 1. The first-order valence-corrected chi connectivity index (χ1v) is 4.75. The van der Waals surface area contributed by atoms with Crippen LogP contribution in [0, 0.1) is 0 Å². The monoisotopic (exact) mass is 200 g/mol. The van der Waals surface area contributed by atoms with Crippen LogP contribution in [-0.4, -0.2) is 28.6 Å². The molecule has 0 aromatic heterocycles. The molecule has 0 unspecified atom stereocenters. The quantitative estimate of drug-likeness (QED) is 0.588. The van der Waals surface area contributed by atoms with Gasteiger partial charge in [-0.25, -0.2) is 0 Å². The second kappa shape index (κ2) is 3.96. The third-order valence-corrected chi connectivity index (χ3v) is 2.60. The summed E-state index contributed by atoms with van der Waals surface area (Å²) < 4.78 is 0. The van der Waals surface area contributed by atoms with Gasteiger partial charge >= 0.3 is 5.97 Å². The minimum Gasteiger partial charge on any atom is -0.481 e. The molecule has 1 amide bonds. The highest BCUT2D eigenvalue weighted by Gasteiger charge is 2.40. The fourth-order valence-corrected chi connectivity index (χ4v) is 1.61. The zero-order valence-electron chi connectivity index (χ0n) is 8.25. The first kappa shape index (κ1) is 11.0. The van der Waals surface area contributed by atoms with Crippen molar-refractivity contribution in [1.29, 1.82) is 0 Å². The third-order valence-electron chi connectivity index (χ3n) is 2.60. The largest absolute Gasteiger partial charge is 0.481 e. The SMILES string of the molecule is C[C@@H](N)C(=O)NC1(CC(=O)O)CCC1. The van der Waals surface area contributed by atoms with Gasteiger partial charge in [-0.15, -0.1) is 0 Å². The van der Waals surface area contributed by atoms with Crippen LogP contribution in [0.15, 0.2) is 0 Å². The first-order valence-electron chi connectivity index (χ1n) is 4.75. The highest BCUT2D eigenvalue weighted by Crippen LogP contribution is 2.34. The van der Waals surface area contributed by atoms with Gasteiger partial charge in [-0.2, -0.15) is 0 Å². The van der Waals surface area contributed by atoms with Crippen molar-refractivity contribution in [3.63, 3.8) is 0 Å². The molecule has 14 heavy (non-hydrogen) atoms. The summed E-state index contributed by atoms with van der Waals surface area (Å²) in [4.78, 5) is 21.9. The number of aliphatic carboxylic acids is 1. The molecule has 5 nitrogen and oxygen atoms in total. The summed E-state index contributed by atoms with van der Waals surface area (Å²) in [6.07, 6.45) is 2.42. The predicted molar refractivity (Wildman–Crippen MR) is 50.6 cm³/mol. The van der Waals surface area contributed by atoms with Gasteiger partial charge in [0, 0.05) is 0 Å². The van der Waals surface area contributed by atoms with Gasteiger partial charge in [-0.05, 0) is 26.2 Å². The van der Waals surface area contributed by atoms with E-state index in [1.165, 1.54) is 0 Å². The van der Waals surface area contributed by atoms with E-state index in [0.717, 1.165) is 19.3 Å². The van der Waals surface area contributed by atoms with Crippen molar-refractivity contribution >= 4 is 11.9 Å². The van der Waals surface area contributed by atoms with E-state index < -0.39 is 17.6 Å². The summed E-state index contributed by atoms with van der Waals surface area (Å²) in [5.41, 5.74) is 4.86. The Balaban J connectivity index is 2.53. The molecule has 1 aliphatic carbocycles. The van der Waals surface area contributed by atoms with Gasteiger partial charge < -0.3 is 16.2 Å². The molecule has 0 spiro atoms. The third kappa shape index (κ3) is 2.45. The molecule has 0 aromatic rings. The van der Waals surface area contributed by atoms with E-state index in [-0.39, 0.29) is 12.3 Å². The molecular formula is C9H16N2O3. The van der Waals surface area contributed by atoms with Crippen LogP contribution in [0.25, 0.3) is 0 Å². The minimum absolute atomic E-state index is 0.00847. The van der Waals surface area contributed by atoms with Crippen molar-refractivity contribution in [2.24, 2.45) is 5.73 Å². The summed E-state index contributed by atoms with van der Waals surface area (Å²) in [5.74, 6) is -1.15. The van der Waals surface area contributed by atoms with E-state index in [0.29, 0.717) is 0 Å². The maximum Gasteiger partial charge on any atom is 0.305 e. The number of carboxylic acid groups (broad SMARTS) is 1. The lowest BCUT2D eigenvalue weighted by Crippen LogP contribution is -2.57. The lowest BCUT2D eigenvalue weighted by Gasteiger charge is -2.41. The number of carboxylic acids is 1. The molecule has 0 aromatic carbocycles. The van der Waals surface area contributed by atoms with Crippen molar-refractivity contribution in [2.45, 2.75) is 44.2 Å². The van der Waals surface area contributed by atoms with Gasteiger partial charge in [-0.1, -0.05) is 0 Å². The molecule has 80 valence electrons. The van der Waals surface area contributed by atoms with E-state index >= 15 is 0 Å². The standard InChI is InChI=1S/C9H16N2O3/c1-6(10)8(14)11-9(3-2-4-9)5-7(12)13/h6H,2-5,10H2,1H3,(H,11,14)(H,12,13)/t6-/m1/s1. The summed E-state index contributed by atoms with van der Waals surface area (Å²) in [5, 5.41) is 11.4. The average molecular weight is 200 g/mol. The molecule has 0 bridgehead atoms.